The average molecular weight is 503 g/mol. The predicted octanol–water partition coefficient (Wildman–Crippen LogP) is 5.49. The molecular weight excluding hydrogens is 472 g/mol. The molecule has 0 spiro atoms. The van der Waals surface area contributed by atoms with Gasteiger partial charge in [0.05, 0.1) is 17.5 Å². The van der Waals surface area contributed by atoms with Gasteiger partial charge in [0, 0.05) is 35.2 Å². The topological polar surface area (TPSA) is 88.3 Å². The van der Waals surface area contributed by atoms with Crippen LogP contribution in [0.5, 0.6) is 0 Å². The van der Waals surface area contributed by atoms with Crippen LogP contribution < -0.4 is 11.1 Å². The first-order valence-electron chi connectivity index (χ1n) is 12.6. The van der Waals surface area contributed by atoms with E-state index >= 15 is 0 Å². The molecule has 3 N–H and O–H groups in total. The van der Waals surface area contributed by atoms with Gasteiger partial charge in [-0.1, -0.05) is 48.7 Å². The fourth-order valence-electron chi connectivity index (χ4n) is 5.78. The number of hydrogen-bond donors (Lipinski definition) is 2. The number of benzene rings is 2. The first-order chi connectivity index (χ1) is 17.5. The maximum Gasteiger partial charge on any atom is 0.255 e. The third-order valence-corrected chi connectivity index (χ3v) is 7.99. The predicted molar refractivity (Wildman–Crippen MR) is 142 cm³/mol. The zero-order valence-electron chi connectivity index (χ0n) is 20.2. The summed E-state index contributed by atoms with van der Waals surface area (Å²) in [5.74, 6) is -0.00115. The van der Waals surface area contributed by atoms with Gasteiger partial charge >= 0.3 is 0 Å². The van der Waals surface area contributed by atoms with Crippen LogP contribution in [0.25, 0.3) is 0 Å². The van der Waals surface area contributed by atoms with Crippen molar-refractivity contribution < 1.29 is 9.59 Å². The molecule has 5 rings (SSSR count). The van der Waals surface area contributed by atoms with E-state index in [0.717, 1.165) is 56.2 Å². The Labute approximate surface area is 216 Å². The summed E-state index contributed by atoms with van der Waals surface area (Å²) in [7, 11) is 0. The molecule has 1 aliphatic heterocycles. The SMILES string of the molecule is NC(c1ccc(C(=O)Nc2ccncc2)cc1)C1CCCN1C(=O)C1(c2ccc(Cl)cc2)CCCC1. The molecule has 2 aromatic carbocycles. The van der Waals surface area contributed by atoms with Crippen LogP contribution in [0.3, 0.4) is 0 Å². The number of nitrogens with two attached hydrogens (primary N) is 1. The summed E-state index contributed by atoms with van der Waals surface area (Å²) in [6.45, 7) is 0.721. The largest absolute Gasteiger partial charge is 0.337 e. The molecule has 2 heterocycles. The summed E-state index contributed by atoms with van der Waals surface area (Å²) < 4.78 is 0. The number of carbonyl (C=O) groups excluding carboxylic acids is 2. The number of pyridine rings is 1. The molecule has 186 valence electrons. The van der Waals surface area contributed by atoms with Crippen LogP contribution in [-0.4, -0.2) is 34.3 Å². The third-order valence-electron chi connectivity index (χ3n) is 7.73. The lowest BCUT2D eigenvalue weighted by Crippen LogP contribution is -2.50. The van der Waals surface area contributed by atoms with Crippen LogP contribution in [0.1, 0.15) is 66.1 Å². The summed E-state index contributed by atoms with van der Waals surface area (Å²) >= 11 is 6.13. The third kappa shape index (κ3) is 4.75. The van der Waals surface area contributed by atoms with Crippen LogP contribution >= 0.6 is 11.6 Å². The van der Waals surface area contributed by atoms with E-state index in [9.17, 15) is 9.59 Å². The summed E-state index contributed by atoms with van der Waals surface area (Å²) in [5.41, 5.74) is 9.48. The quantitative estimate of drug-likeness (QED) is 0.466. The molecule has 1 saturated heterocycles. The molecule has 2 amide bonds. The second-order valence-electron chi connectivity index (χ2n) is 9.84. The number of carbonyl (C=O) groups is 2. The molecule has 0 bridgehead atoms. The maximum atomic E-state index is 14.1. The van der Waals surface area contributed by atoms with Gasteiger partial charge in [0.1, 0.15) is 0 Å². The number of rotatable bonds is 6. The van der Waals surface area contributed by atoms with Gasteiger partial charge in [-0.2, -0.15) is 0 Å². The van der Waals surface area contributed by atoms with E-state index in [4.69, 9.17) is 17.3 Å². The summed E-state index contributed by atoms with van der Waals surface area (Å²) in [4.78, 5) is 32.7. The molecule has 1 saturated carbocycles. The monoisotopic (exact) mass is 502 g/mol. The molecule has 0 radical (unpaired) electrons. The van der Waals surface area contributed by atoms with Gasteiger partial charge < -0.3 is 16.0 Å². The van der Waals surface area contributed by atoms with Gasteiger partial charge in [-0.05, 0) is 73.2 Å². The lowest BCUT2D eigenvalue weighted by atomic mass is 9.77. The number of likely N-dealkylation sites (tertiary alicyclic amines) is 1. The van der Waals surface area contributed by atoms with E-state index < -0.39 is 5.41 Å². The molecule has 2 atom stereocenters. The zero-order valence-corrected chi connectivity index (χ0v) is 21.0. The van der Waals surface area contributed by atoms with Crippen LogP contribution in [-0.2, 0) is 10.2 Å². The minimum Gasteiger partial charge on any atom is -0.337 e. The number of amides is 2. The molecule has 7 heteroatoms. The molecule has 1 aromatic heterocycles. The molecule has 1 aliphatic carbocycles. The van der Waals surface area contributed by atoms with Crippen molar-refractivity contribution in [3.8, 4) is 0 Å². The zero-order chi connectivity index (χ0) is 25.1. The summed E-state index contributed by atoms with van der Waals surface area (Å²) in [6.07, 6.45) is 8.87. The van der Waals surface area contributed by atoms with Gasteiger partial charge in [0.15, 0.2) is 0 Å². The number of aromatic nitrogens is 1. The van der Waals surface area contributed by atoms with Crippen molar-refractivity contribution in [2.24, 2.45) is 5.73 Å². The van der Waals surface area contributed by atoms with Crippen molar-refractivity contribution in [3.05, 3.63) is 94.8 Å². The highest BCUT2D eigenvalue weighted by atomic mass is 35.5. The highest BCUT2D eigenvalue weighted by molar-refractivity contribution is 6.30. The van der Waals surface area contributed by atoms with Crippen molar-refractivity contribution >= 4 is 29.1 Å². The van der Waals surface area contributed by atoms with Gasteiger partial charge in [-0.15, -0.1) is 0 Å². The first-order valence-corrected chi connectivity index (χ1v) is 13.0. The Kier molecular flexibility index (Phi) is 7.08. The van der Waals surface area contributed by atoms with E-state index in [1.807, 2.05) is 41.3 Å². The average Bonchev–Trinajstić information content (AvgIpc) is 3.60. The van der Waals surface area contributed by atoms with Gasteiger partial charge in [-0.25, -0.2) is 0 Å². The summed E-state index contributed by atoms with van der Waals surface area (Å²) in [5, 5.41) is 3.55. The Balaban J connectivity index is 1.33. The Morgan fingerprint density at radius 2 is 1.64 bits per heavy atom. The fraction of sp³-hybridized carbons (Fsp3) is 0.345. The van der Waals surface area contributed by atoms with Crippen LogP contribution in [0.4, 0.5) is 5.69 Å². The van der Waals surface area contributed by atoms with E-state index in [1.165, 1.54) is 0 Å². The normalized spacial score (nSPS) is 19.7. The molecule has 3 aromatic rings. The van der Waals surface area contributed by atoms with Crippen LogP contribution in [0.2, 0.25) is 5.02 Å². The number of hydrogen-bond acceptors (Lipinski definition) is 4. The molecule has 36 heavy (non-hydrogen) atoms. The van der Waals surface area contributed by atoms with E-state index in [1.54, 1.807) is 36.7 Å². The molecule has 6 nitrogen and oxygen atoms in total. The van der Waals surface area contributed by atoms with Crippen molar-refractivity contribution in [3.63, 3.8) is 0 Å². The van der Waals surface area contributed by atoms with Crippen LogP contribution in [0.15, 0.2) is 73.1 Å². The molecular formula is C29H31ClN4O2. The highest BCUT2D eigenvalue weighted by Gasteiger charge is 2.48. The molecule has 2 aliphatic rings. The van der Waals surface area contributed by atoms with E-state index in [2.05, 4.69) is 10.3 Å². The van der Waals surface area contributed by atoms with Crippen molar-refractivity contribution in [1.82, 2.24) is 9.88 Å². The first kappa shape index (κ1) is 24.5. The Morgan fingerprint density at radius 3 is 2.31 bits per heavy atom. The Hall–Kier alpha value is -3.22. The standard InChI is InChI=1S/C29H31ClN4O2/c30-23-11-9-22(10-12-23)29(15-1-2-16-29)28(36)34-19-3-4-25(34)26(31)20-5-7-21(8-6-20)27(35)33-24-13-17-32-18-14-24/h5-14,17-18,25-26H,1-4,15-16,19,31H2,(H,32,33,35). The minimum absolute atomic E-state index is 0.0706. The minimum atomic E-state index is -0.498. The Bertz CT molecular complexity index is 1210. The van der Waals surface area contributed by atoms with Crippen molar-refractivity contribution in [2.45, 2.75) is 56.0 Å². The van der Waals surface area contributed by atoms with Gasteiger partial charge in [0.2, 0.25) is 5.91 Å². The van der Waals surface area contributed by atoms with Crippen molar-refractivity contribution in [1.29, 1.82) is 0 Å². The number of anilines is 1. The summed E-state index contributed by atoms with van der Waals surface area (Å²) in [6, 6.07) is 18.3. The fourth-order valence-corrected chi connectivity index (χ4v) is 5.91. The van der Waals surface area contributed by atoms with E-state index in [-0.39, 0.29) is 23.9 Å². The lowest BCUT2D eigenvalue weighted by Gasteiger charge is -2.38. The maximum absolute atomic E-state index is 14.1. The van der Waals surface area contributed by atoms with Crippen molar-refractivity contribution in [2.75, 3.05) is 11.9 Å². The highest BCUT2D eigenvalue weighted by Crippen LogP contribution is 2.45. The second kappa shape index (κ2) is 10.4. The lowest BCUT2D eigenvalue weighted by molar-refractivity contribution is -0.138. The number of nitrogens with one attached hydrogen (secondary N) is 1. The molecule has 2 fully saturated rings. The number of halogens is 1. The smallest absolute Gasteiger partial charge is 0.255 e. The van der Waals surface area contributed by atoms with Crippen LogP contribution in [0, 0.1) is 0 Å². The second-order valence-corrected chi connectivity index (χ2v) is 10.3. The molecule has 2 unspecified atom stereocenters. The van der Waals surface area contributed by atoms with Gasteiger partial charge in [-0.3, -0.25) is 14.6 Å². The number of nitrogens with zero attached hydrogens (tertiary/aromatic N) is 2. The van der Waals surface area contributed by atoms with Gasteiger partial charge in [0.25, 0.3) is 5.91 Å². The Morgan fingerprint density at radius 1 is 0.972 bits per heavy atom. The van der Waals surface area contributed by atoms with E-state index in [0.29, 0.717) is 16.3 Å².